The van der Waals surface area contributed by atoms with Gasteiger partial charge in [-0.25, -0.2) is 5.43 Å². The van der Waals surface area contributed by atoms with Crippen molar-refractivity contribution in [2.45, 2.75) is 6.42 Å². The Morgan fingerprint density at radius 3 is 2.89 bits per heavy atom. The second-order valence-electron chi connectivity index (χ2n) is 1.77. The molecule has 50 valence electrons. The first-order valence-electron chi connectivity index (χ1n) is 2.60. The van der Waals surface area contributed by atoms with Crippen molar-refractivity contribution in [2.75, 3.05) is 6.54 Å². The van der Waals surface area contributed by atoms with Crippen LogP contribution in [0.1, 0.15) is 6.42 Å². The topological polar surface area (TPSA) is 79.5 Å². The number of hydrogen-bond donors (Lipinski definition) is 3. The van der Waals surface area contributed by atoms with Gasteiger partial charge in [-0.15, -0.1) is 0 Å². The minimum atomic E-state index is 0.0953. The Hall–Kier alpha value is -1.10. The Bertz CT molecular complexity index is 153. The van der Waals surface area contributed by atoms with Gasteiger partial charge in [-0.2, -0.15) is 5.10 Å². The highest BCUT2D eigenvalue weighted by molar-refractivity contribution is 6.03. The molecule has 0 aromatic rings. The number of ketones is 1. The lowest BCUT2D eigenvalue weighted by Crippen LogP contribution is -2.47. The smallest absolute Gasteiger partial charge is 0.156 e. The molecule has 0 bridgehead atoms. The lowest BCUT2D eigenvalue weighted by molar-refractivity contribution is -0.117. The summed E-state index contributed by atoms with van der Waals surface area (Å²) in [6.45, 7) is 0.346. The maximum atomic E-state index is 10.6. The zero-order valence-corrected chi connectivity index (χ0v) is 4.85. The Balaban J connectivity index is 2.51. The third-order valence-electron chi connectivity index (χ3n) is 1.04. The summed E-state index contributed by atoms with van der Waals surface area (Å²) in [6, 6.07) is 0. The molecule has 1 aliphatic heterocycles. The summed E-state index contributed by atoms with van der Waals surface area (Å²) in [5.74, 6) is 5.49. The van der Waals surface area contributed by atoms with E-state index in [-0.39, 0.29) is 5.78 Å². The summed E-state index contributed by atoms with van der Waals surface area (Å²) in [7, 11) is 0. The molecular formula is C4H8N4O. The Labute approximate surface area is 52.3 Å². The standard InChI is InChI=1S/C4H8N4O/c5-7-4-1-3(9)2-6-8-4/h6H,1-2,5H2,(H,7,8). The summed E-state index contributed by atoms with van der Waals surface area (Å²) in [4.78, 5) is 10.6. The third-order valence-corrected chi connectivity index (χ3v) is 1.04. The van der Waals surface area contributed by atoms with Crippen LogP contribution in [0.3, 0.4) is 0 Å². The molecule has 5 nitrogen and oxygen atoms in total. The van der Waals surface area contributed by atoms with Gasteiger partial charge in [0.15, 0.2) is 5.78 Å². The first kappa shape index (κ1) is 6.03. The molecule has 0 spiro atoms. The van der Waals surface area contributed by atoms with E-state index in [0.29, 0.717) is 18.8 Å². The Kier molecular flexibility index (Phi) is 1.64. The third kappa shape index (κ3) is 1.39. The minimum Gasteiger partial charge on any atom is -0.322 e. The molecule has 0 amide bonds. The van der Waals surface area contributed by atoms with Crippen molar-refractivity contribution in [1.29, 1.82) is 0 Å². The summed E-state index contributed by atoms with van der Waals surface area (Å²) in [5.41, 5.74) is 5.28. The van der Waals surface area contributed by atoms with E-state index in [2.05, 4.69) is 16.0 Å². The van der Waals surface area contributed by atoms with Crippen molar-refractivity contribution in [1.82, 2.24) is 10.9 Å². The molecule has 0 atom stereocenters. The van der Waals surface area contributed by atoms with E-state index < -0.39 is 0 Å². The quantitative estimate of drug-likeness (QED) is 0.269. The van der Waals surface area contributed by atoms with Crippen molar-refractivity contribution < 1.29 is 4.79 Å². The average molecular weight is 128 g/mol. The number of hydrogen-bond acceptors (Lipinski definition) is 4. The fourth-order valence-corrected chi connectivity index (χ4v) is 0.616. The zero-order chi connectivity index (χ0) is 6.69. The van der Waals surface area contributed by atoms with Gasteiger partial charge in [-0.05, 0) is 0 Å². The largest absolute Gasteiger partial charge is 0.322 e. The number of hydrazone groups is 1. The number of Topliss-reactive ketones (excluding diaryl/α,β-unsaturated/α-hetero) is 1. The highest BCUT2D eigenvalue weighted by Crippen LogP contribution is 1.86. The normalized spacial score (nSPS) is 24.0. The van der Waals surface area contributed by atoms with Crippen LogP contribution in [0, 0.1) is 0 Å². The summed E-state index contributed by atoms with van der Waals surface area (Å²) < 4.78 is 0. The highest BCUT2D eigenvalue weighted by Gasteiger charge is 2.11. The van der Waals surface area contributed by atoms with Crippen LogP contribution in [-0.2, 0) is 4.79 Å². The molecule has 4 N–H and O–H groups in total. The number of carbonyl (C=O) groups is 1. The highest BCUT2D eigenvalue weighted by atomic mass is 16.1. The van der Waals surface area contributed by atoms with Gasteiger partial charge in [-0.3, -0.25) is 4.79 Å². The van der Waals surface area contributed by atoms with Gasteiger partial charge in [0.25, 0.3) is 0 Å². The predicted octanol–water partition coefficient (Wildman–Crippen LogP) is -1.67. The van der Waals surface area contributed by atoms with Gasteiger partial charge in [0.05, 0.1) is 13.0 Å². The maximum Gasteiger partial charge on any atom is 0.156 e. The SMILES string of the molecule is N/N=C1\CC(=O)CNN1. The number of hydrazine groups is 1. The lowest BCUT2D eigenvalue weighted by Gasteiger charge is -2.13. The van der Waals surface area contributed by atoms with Crippen LogP contribution in [0.4, 0.5) is 0 Å². The molecule has 0 aromatic heterocycles. The van der Waals surface area contributed by atoms with E-state index in [4.69, 9.17) is 5.84 Å². The second kappa shape index (κ2) is 2.45. The molecule has 0 aliphatic carbocycles. The van der Waals surface area contributed by atoms with Gasteiger partial charge in [0, 0.05) is 0 Å². The molecule has 1 aliphatic rings. The van der Waals surface area contributed by atoms with Crippen LogP contribution in [0.25, 0.3) is 0 Å². The predicted molar refractivity (Wildman–Crippen MR) is 32.4 cm³/mol. The van der Waals surface area contributed by atoms with Crippen LogP contribution in [0.5, 0.6) is 0 Å². The summed E-state index contributed by atoms with van der Waals surface area (Å²) in [6.07, 6.45) is 0.309. The fourth-order valence-electron chi connectivity index (χ4n) is 0.616. The van der Waals surface area contributed by atoms with Gasteiger partial charge in [-0.1, -0.05) is 0 Å². The molecular weight excluding hydrogens is 120 g/mol. The van der Waals surface area contributed by atoms with E-state index in [9.17, 15) is 4.79 Å². The van der Waals surface area contributed by atoms with Crippen molar-refractivity contribution in [2.24, 2.45) is 10.9 Å². The zero-order valence-electron chi connectivity index (χ0n) is 4.85. The van der Waals surface area contributed by atoms with E-state index in [1.807, 2.05) is 0 Å². The molecule has 1 heterocycles. The monoisotopic (exact) mass is 128 g/mol. The Morgan fingerprint density at radius 1 is 1.67 bits per heavy atom. The number of carbonyl (C=O) groups excluding carboxylic acids is 1. The average Bonchev–Trinajstić information content (AvgIpc) is 1.88. The molecule has 5 heteroatoms. The number of nitrogens with zero attached hydrogens (tertiary/aromatic N) is 1. The van der Waals surface area contributed by atoms with E-state index >= 15 is 0 Å². The fraction of sp³-hybridized carbons (Fsp3) is 0.500. The van der Waals surface area contributed by atoms with E-state index in [1.165, 1.54) is 0 Å². The van der Waals surface area contributed by atoms with Crippen molar-refractivity contribution >= 4 is 11.6 Å². The van der Waals surface area contributed by atoms with Crippen LogP contribution < -0.4 is 16.7 Å². The van der Waals surface area contributed by atoms with Crippen molar-refractivity contribution in [3.8, 4) is 0 Å². The van der Waals surface area contributed by atoms with Crippen molar-refractivity contribution in [3.05, 3.63) is 0 Å². The molecule has 0 aromatic carbocycles. The van der Waals surface area contributed by atoms with Crippen LogP contribution in [-0.4, -0.2) is 18.2 Å². The van der Waals surface area contributed by atoms with Gasteiger partial charge < -0.3 is 11.3 Å². The molecule has 0 saturated carbocycles. The molecule has 0 unspecified atom stereocenters. The van der Waals surface area contributed by atoms with Gasteiger partial charge in [0.2, 0.25) is 0 Å². The van der Waals surface area contributed by atoms with Crippen molar-refractivity contribution in [3.63, 3.8) is 0 Å². The van der Waals surface area contributed by atoms with Crippen LogP contribution in [0.15, 0.2) is 5.10 Å². The second-order valence-corrected chi connectivity index (χ2v) is 1.77. The number of amidine groups is 1. The first-order chi connectivity index (χ1) is 4.33. The molecule has 1 saturated heterocycles. The van der Waals surface area contributed by atoms with Gasteiger partial charge >= 0.3 is 0 Å². The number of rotatable bonds is 0. The molecule has 1 fully saturated rings. The van der Waals surface area contributed by atoms with E-state index in [1.54, 1.807) is 0 Å². The number of nitrogens with one attached hydrogen (secondary N) is 2. The molecule has 9 heavy (non-hydrogen) atoms. The summed E-state index contributed by atoms with van der Waals surface area (Å²) in [5, 5.41) is 3.32. The summed E-state index contributed by atoms with van der Waals surface area (Å²) >= 11 is 0. The first-order valence-corrected chi connectivity index (χ1v) is 2.60. The van der Waals surface area contributed by atoms with Gasteiger partial charge in [0.1, 0.15) is 5.84 Å². The lowest BCUT2D eigenvalue weighted by atomic mass is 10.2. The minimum absolute atomic E-state index is 0.0953. The molecule has 0 radical (unpaired) electrons. The van der Waals surface area contributed by atoms with E-state index in [0.717, 1.165) is 0 Å². The number of nitrogens with two attached hydrogens (primary N) is 1. The molecule has 1 rings (SSSR count). The van der Waals surface area contributed by atoms with Crippen LogP contribution >= 0.6 is 0 Å². The maximum absolute atomic E-state index is 10.6. The Morgan fingerprint density at radius 2 is 2.44 bits per heavy atom. The van der Waals surface area contributed by atoms with Crippen LogP contribution in [0.2, 0.25) is 0 Å².